The summed E-state index contributed by atoms with van der Waals surface area (Å²) >= 11 is 1.61. The van der Waals surface area contributed by atoms with Gasteiger partial charge >= 0.3 is 12.1 Å². The fourth-order valence-corrected chi connectivity index (χ4v) is 4.80. The second kappa shape index (κ2) is 13.0. The zero-order valence-electron chi connectivity index (χ0n) is 18.2. The smallest absolute Gasteiger partial charge is 0.326 e. The maximum absolute atomic E-state index is 12.1. The zero-order valence-corrected chi connectivity index (χ0v) is 19.8. The lowest BCUT2D eigenvalue weighted by Gasteiger charge is -2.14. The number of benzene rings is 1. The number of nitrogens with one attached hydrogen (secondary N) is 2. The van der Waals surface area contributed by atoms with Gasteiger partial charge < -0.3 is 16.8 Å². The number of amides is 4. The summed E-state index contributed by atoms with van der Waals surface area (Å²) in [6.45, 7) is 6.56. The second-order valence-electron chi connectivity index (χ2n) is 7.08. The van der Waals surface area contributed by atoms with Gasteiger partial charge in [0.25, 0.3) is 10.0 Å². The van der Waals surface area contributed by atoms with Crippen molar-refractivity contribution in [2.24, 2.45) is 11.5 Å². The number of thiophene rings is 1. The Bertz CT molecular complexity index is 944. The number of unbranched alkanes of at least 4 members (excludes halogenated alkanes) is 3. The van der Waals surface area contributed by atoms with Gasteiger partial charge in [-0.3, -0.25) is 0 Å². The summed E-state index contributed by atoms with van der Waals surface area (Å²) in [6, 6.07) is 7.66. The Kier molecular flexibility index (Phi) is 11.1. The SMILES string of the molecule is CCCCCCNC(N)=O.Cc1ccc(C(C)c2cccs2)cc1S(=O)(=O)NC(N)=O. The summed E-state index contributed by atoms with van der Waals surface area (Å²) in [5, 5.41) is 4.52. The number of hydrogen-bond acceptors (Lipinski definition) is 5. The lowest BCUT2D eigenvalue weighted by Crippen LogP contribution is -2.35. The topological polar surface area (TPSA) is 144 Å². The van der Waals surface area contributed by atoms with Crippen molar-refractivity contribution >= 4 is 33.4 Å². The van der Waals surface area contributed by atoms with Gasteiger partial charge in [0.05, 0.1) is 4.90 Å². The van der Waals surface area contributed by atoms with Gasteiger partial charge in [-0.1, -0.05) is 51.3 Å². The van der Waals surface area contributed by atoms with Crippen LogP contribution >= 0.6 is 11.3 Å². The van der Waals surface area contributed by atoms with Crippen LogP contribution in [0.2, 0.25) is 0 Å². The number of nitrogens with two attached hydrogens (primary N) is 2. The van der Waals surface area contributed by atoms with Crippen molar-refractivity contribution in [1.29, 1.82) is 0 Å². The van der Waals surface area contributed by atoms with Crippen molar-refractivity contribution in [3.63, 3.8) is 0 Å². The fourth-order valence-electron chi connectivity index (χ4n) is 2.83. The number of primary amides is 2. The van der Waals surface area contributed by atoms with Gasteiger partial charge in [-0.25, -0.2) is 22.7 Å². The molecule has 1 aromatic carbocycles. The first-order valence-electron chi connectivity index (χ1n) is 10.1. The maximum atomic E-state index is 12.1. The van der Waals surface area contributed by atoms with E-state index in [1.807, 2.05) is 30.5 Å². The number of sulfonamides is 1. The average Bonchev–Trinajstić information content (AvgIpc) is 3.21. The molecule has 8 nitrogen and oxygen atoms in total. The molecule has 6 N–H and O–H groups in total. The van der Waals surface area contributed by atoms with Gasteiger partial charge in [-0.15, -0.1) is 11.3 Å². The Morgan fingerprint density at radius 3 is 2.35 bits per heavy atom. The minimum absolute atomic E-state index is 0.0715. The van der Waals surface area contributed by atoms with Crippen molar-refractivity contribution in [2.45, 2.75) is 57.3 Å². The zero-order chi connectivity index (χ0) is 23.4. The third-order valence-electron chi connectivity index (χ3n) is 4.54. The van der Waals surface area contributed by atoms with Crippen LogP contribution in [0.25, 0.3) is 0 Å². The molecule has 0 saturated heterocycles. The molecule has 1 aromatic heterocycles. The number of carbonyl (C=O) groups excluding carboxylic acids is 2. The molecule has 0 saturated carbocycles. The third-order valence-corrected chi connectivity index (χ3v) is 7.08. The highest BCUT2D eigenvalue weighted by Gasteiger charge is 2.20. The van der Waals surface area contributed by atoms with Crippen molar-refractivity contribution in [1.82, 2.24) is 10.0 Å². The molecule has 4 amide bonds. The number of hydrogen-bond donors (Lipinski definition) is 4. The highest BCUT2D eigenvalue weighted by atomic mass is 32.2. The van der Waals surface area contributed by atoms with E-state index in [1.54, 1.807) is 35.1 Å². The van der Waals surface area contributed by atoms with E-state index < -0.39 is 22.1 Å². The molecule has 172 valence electrons. The molecule has 1 heterocycles. The van der Waals surface area contributed by atoms with Crippen molar-refractivity contribution in [3.8, 4) is 0 Å². The van der Waals surface area contributed by atoms with Crippen LogP contribution in [0.15, 0.2) is 40.6 Å². The highest BCUT2D eigenvalue weighted by Crippen LogP contribution is 2.30. The van der Waals surface area contributed by atoms with Crippen molar-refractivity contribution in [2.75, 3.05) is 6.54 Å². The van der Waals surface area contributed by atoms with Gasteiger partial charge in [0.1, 0.15) is 0 Å². The largest absolute Gasteiger partial charge is 0.352 e. The summed E-state index contributed by atoms with van der Waals surface area (Å²) in [7, 11) is -3.94. The maximum Gasteiger partial charge on any atom is 0.326 e. The van der Waals surface area contributed by atoms with Crippen LogP contribution in [0.3, 0.4) is 0 Å². The Hall–Kier alpha value is -2.59. The molecule has 0 radical (unpaired) electrons. The van der Waals surface area contributed by atoms with E-state index >= 15 is 0 Å². The molecule has 10 heteroatoms. The number of urea groups is 2. The molecule has 31 heavy (non-hydrogen) atoms. The molecule has 0 aliphatic carbocycles. The molecule has 0 spiro atoms. The van der Waals surface area contributed by atoms with E-state index in [4.69, 9.17) is 11.5 Å². The van der Waals surface area contributed by atoms with Crippen LogP contribution in [0.1, 0.15) is 61.5 Å². The normalized spacial score (nSPS) is 11.7. The van der Waals surface area contributed by atoms with Gasteiger partial charge in [-0.05, 0) is 42.0 Å². The fraction of sp³-hybridized carbons (Fsp3) is 0.429. The molecule has 1 atom stereocenters. The summed E-state index contributed by atoms with van der Waals surface area (Å²) in [5.41, 5.74) is 11.2. The number of rotatable bonds is 9. The van der Waals surface area contributed by atoms with Gasteiger partial charge in [0.15, 0.2) is 0 Å². The van der Waals surface area contributed by atoms with E-state index in [9.17, 15) is 18.0 Å². The first-order valence-corrected chi connectivity index (χ1v) is 12.4. The molecule has 2 aromatic rings. The Morgan fingerprint density at radius 1 is 1.10 bits per heavy atom. The predicted octanol–water partition coefficient (Wildman–Crippen LogP) is 3.80. The van der Waals surface area contributed by atoms with Crippen LogP contribution in [0, 0.1) is 6.92 Å². The van der Waals surface area contributed by atoms with Crippen LogP contribution in [0.5, 0.6) is 0 Å². The van der Waals surface area contributed by atoms with Crippen molar-refractivity contribution < 1.29 is 18.0 Å². The van der Waals surface area contributed by atoms with E-state index in [0.29, 0.717) is 5.56 Å². The van der Waals surface area contributed by atoms with E-state index in [2.05, 4.69) is 12.2 Å². The molecule has 0 aliphatic heterocycles. The van der Waals surface area contributed by atoms with Gasteiger partial charge in [0.2, 0.25) is 0 Å². The van der Waals surface area contributed by atoms with Crippen LogP contribution in [-0.2, 0) is 10.0 Å². The minimum atomic E-state index is -3.94. The lowest BCUT2D eigenvalue weighted by molar-refractivity contribution is 0.248. The minimum Gasteiger partial charge on any atom is -0.352 e. The van der Waals surface area contributed by atoms with Gasteiger partial charge in [-0.2, -0.15) is 0 Å². The third kappa shape index (κ3) is 9.39. The van der Waals surface area contributed by atoms with Crippen molar-refractivity contribution in [3.05, 3.63) is 51.7 Å². The molecule has 0 bridgehead atoms. The van der Waals surface area contributed by atoms with Crippen LogP contribution < -0.4 is 21.5 Å². The molecular formula is C21H32N4O4S2. The second-order valence-corrected chi connectivity index (χ2v) is 9.71. The summed E-state index contributed by atoms with van der Waals surface area (Å²) in [6.07, 6.45) is 4.67. The van der Waals surface area contributed by atoms with E-state index in [1.165, 1.54) is 19.3 Å². The van der Waals surface area contributed by atoms with E-state index in [-0.39, 0.29) is 10.8 Å². The summed E-state index contributed by atoms with van der Waals surface area (Å²) in [5.74, 6) is 0.0770. The monoisotopic (exact) mass is 468 g/mol. The summed E-state index contributed by atoms with van der Waals surface area (Å²) < 4.78 is 26.0. The average molecular weight is 469 g/mol. The highest BCUT2D eigenvalue weighted by molar-refractivity contribution is 7.90. The predicted molar refractivity (Wildman–Crippen MR) is 125 cm³/mol. The lowest BCUT2D eigenvalue weighted by atomic mass is 9.98. The first-order chi connectivity index (χ1) is 14.6. The molecular weight excluding hydrogens is 436 g/mol. The van der Waals surface area contributed by atoms with Crippen LogP contribution in [-0.4, -0.2) is 27.0 Å². The van der Waals surface area contributed by atoms with Gasteiger partial charge in [0, 0.05) is 17.3 Å². The molecule has 1 unspecified atom stereocenters. The number of carbonyl (C=O) groups is 2. The Labute approximate surface area is 188 Å². The first kappa shape index (κ1) is 26.4. The Balaban J connectivity index is 0.000000407. The number of aryl methyl sites for hydroxylation is 1. The summed E-state index contributed by atoms with van der Waals surface area (Å²) in [4.78, 5) is 22.2. The molecule has 2 rings (SSSR count). The molecule has 0 fully saturated rings. The standard InChI is InChI=1S/C14H16N2O3S2.C7H16N2O/c1-9-5-6-11(10(2)12-4-3-7-20-12)8-13(9)21(18,19)16-14(15)17;1-2-3-4-5-6-9-7(8)10/h3-8,10H,1-2H3,(H3,15,16,17);2-6H2,1H3,(H3,8,9,10). The molecule has 0 aliphatic rings. The Morgan fingerprint density at radius 2 is 1.81 bits per heavy atom. The van der Waals surface area contributed by atoms with E-state index in [0.717, 1.165) is 23.4 Å². The quantitative estimate of drug-likeness (QED) is 0.415. The van der Waals surface area contributed by atoms with Crippen LogP contribution in [0.4, 0.5) is 9.59 Å².